The zero-order valence-electron chi connectivity index (χ0n) is 15.2. The van der Waals surface area contributed by atoms with Crippen molar-refractivity contribution in [2.75, 3.05) is 27.3 Å². The molecule has 3 rings (SSSR count). The van der Waals surface area contributed by atoms with Crippen LogP contribution in [0.3, 0.4) is 0 Å². The molecular formula is C18H22N2O5S2. The quantitative estimate of drug-likeness (QED) is 0.755. The summed E-state index contributed by atoms with van der Waals surface area (Å²) in [5.41, 5.74) is 1.18. The van der Waals surface area contributed by atoms with E-state index in [4.69, 9.17) is 9.47 Å². The van der Waals surface area contributed by atoms with Gasteiger partial charge in [-0.3, -0.25) is 4.79 Å². The van der Waals surface area contributed by atoms with Crippen LogP contribution in [0.1, 0.15) is 16.9 Å². The topological polar surface area (TPSA) is 84.9 Å². The van der Waals surface area contributed by atoms with Gasteiger partial charge in [-0.1, -0.05) is 0 Å². The van der Waals surface area contributed by atoms with E-state index >= 15 is 0 Å². The molecule has 0 saturated carbocycles. The Morgan fingerprint density at radius 1 is 1.26 bits per heavy atom. The van der Waals surface area contributed by atoms with Gasteiger partial charge in [0, 0.05) is 37.0 Å². The third-order valence-corrected chi connectivity index (χ3v) is 6.96. The molecule has 0 saturated heterocycles. The molecule has 1 N–H and O–H groups in total. The number of carbonyl (C=O) groups is 1. The third kappa shape index (κ3) is 4.42. The first-order valence-corrected chi connectivity index (χ1v) is 10.9. The van der Waals surface area contributed by atoms with E-state index < -0.39 is 10.0 Å². The molecule has 2 aromatic rings. The Hall–Kier alpha value is -2.10. The summed E-state index contributed by atoms with van der Waals surface area (Å²) in [6.45, 7) is 1.28. The molecule has 0 aliphatic carbocycles. The molecule has 1 amide bonds. The number of nitrogens with one attached hydrogen (secondary N) is 1. The molecule has 1 aromatic heterocycles. The number of ether oxygens (including phenoxy) is 2. The van der Waals surface area contributed by atoms with Crippen LogP contribution in [0.15, 0.2) is 34.5 Å². The Bertz CT molecular complexity index is 924. The third-order valence-electron chi connectivity index (χ3n) is 4.45. The zero-order valence-corrected chi connectivity index (χ0v) is 16.9. The van der Waals surface area contributed by atoms with Gasteiger partial charge in [0.25, 0.3) is 0 Å². The first kappa shape index (κ1) is 19.7. The fourth-order valence-electron chi connectivity index (χ4n) is 2.98. The van der Waals surface area contributed by atoms with E-state index in [0.717, 1.165) is 6.42 Å². The molecule has 0 unspecified atom stereocenters. The van der Waals surface area contributed by atoms with Crippen LogP contribution in [0.25, 0.3) is 0 Å². The van der Waals surface area contributed by atoms with Gasteiger partial charge in [0.05, 0.1) is 14.2 Å². The van der Waals surface area contributed by atoms with Crippen molar-refractivity contribution in [2.24, 2.45) is 0 Å². The van der Waals surface area contributed by atoms with Crippen molar-refractivity contribution in [2.45, 2.75) is 24.3 Å². The lowest BCUT2D eigenvalue weighted by atomic mass is 10.1. The second kappa shape index (κ2) is 8.28. The lowest BCUT2D eigenvalue weighted by Gasteiger charge is -2.27. The maximum absolute atomic E-state index is 12.6. The van der Waals surface area contributed by atoms with Crippen LogP contribution in [0.5, 0.6) is 11.5 Å². The predicted molar refractivity (Wildman–Crippen MR) is 103 cm³/mol. The number of carbonyl (C=O) groups excluding carboxylic acids is 1. The molecule has 0 atom stereocenters. The number of sulfonamides is 1. The Kier molecular flexibility index (Phi) is 6.03. The highest BCUT2D eigenvalue weighted by Crippen LogP contribution is 2.28. The molecule has 0 bridgehead atoms. The Balaban J connectivity index is 1.60. The summed E-state index contributed by atoms with van der Waals surface area (Å²) in [7, 11) is -0.963. The highest BCUT2D eigenvalue weighted by atomic mass is 32.2. The van der Waals surface area contributed by atoms with E-state index in [1.54, 1.807) is 22.3 Å². The summed E-state index contributed by atoms with van der Waals surface area (Å²) >= 11 is 1.71. The van der Waals surface area contributed by atoms with Gasteiger partial charge in [-0.15, -0.1) is 11.3 Å². The molecule has 1 aromatic carbocycles. The fraction of sp³-hybridized carbons (Fsp3) is 0.389. The summed E-state index contributed by atoms with van der Waals surface area (Å²) in [6.07, 6.45) is 0.955. The largest absolute Gasteiger partial charge is 0.497 e. The van der Waals surface area contributed by atoms with Gasteiger partial charge in [-0.25, -0.2) is 13.1 Å². The smallest absolute Gasteiger partial charge is 0.244 e. The SMILES string of the molecule is COc1ccc(OC)c(S(=O)(=O)NCCC(=O)N2CCc3sccc3C2)c1. The van der Waals surface area contributed by atoms with E-state index in [0.29, 0.717) is 18.8 Å². The van der Waals surface area contributed by atoms with Gasteiger partial charge in [0.1, 0.15) is 16.4 Å². The summed E-state index contributed by atoms with van der Waals surface area (Å²) in [4.78, 5) is 15.5. The van der Waals surface area contributed by atoms with Crippen molar-refractivity contribution in [3.63, 3.8) is 0 Å². The van der Waals surface area contributed by atoms with Crippen molar-refractivity contribution in [1.29, 1.82) is 0 Å². The number of methoxy groups -OCH3 is 2. The van der Waals surface area contributed by atoms with Crippen LogP contribution in [-0.2, 0) is 27.8 Å². The number of hydrogen-bond acceptors (Lipinski definition) is 6. The average Bonchev–Trinajstić information content (AvgIpc) is 3.15. The molecule has 0 radical (unpaired) electrons. The lowest BCUT2D eigenvalue weighted by Crippen LogP contribution is -2.37. The maximum Gasteiger partial charge on any atom is 0.244 e. The number of fused-ring (bicyclic) bond motifs is 1. The Morgan fingerprint density at radius 3 is 2.81 bits per heavy atom. The van der Waals surface area contributed by atoms with Gasteiger partial charge >= 0.3 is 0 Å². The van der Waals surface area contributed by atoms with Gasteiger partial charge in [-0.2, -0.15) is 0 Å². The predicted octanol–water partition coefficient (Wildman–Crippen LogP) is 2.02. The van der Waals surface area contributed by atoms with Gasteiger partial charge in [0.15, 0.2) is 0 Å². The molecule has 146 valence electrons. The highest BCUT2D eigenvalue weighted by molar-refractivity contribution is 7.89. The van der Waals surface area contributed by atoms with Crippen molar-refractivity contribution in [1.82, 2.24) is 9.62 Å². The van der Waals surface area contributed by atoms with Crippen molar-refractivity contribution in [3.05, 3.63) is 40.1 Å². The zero-order chi connectivity index (χ0) is 19.4. The molecule has 0 fully saturated rings. The molecular weight excluding hydrogens is 388 g/mol. The molecule has 2 heterocycles. The first-order chi connectivity index (χ1) is 12.9. The van der Waals surface area contributed by atoms with Crippen LogP contribution >= 0.6 is 11.3 Å². The highest BCUT2D eigenvalue weighted by Gasteiger charge is 2.23. The second-order valence-corrected chi connectivity index (χ2v) is 8.83. The first-order valence-electron chi connectivity index (χ1n) is 8.49. The summed E-state index contributed by atoms with van der Waals surface area (Å²) < 4.78 is 37.9. The molecule has 27 heavy (non-hydrogen) atoms. The van der Waals surface area contributed by atoms with E-state index in [9.17, 15) is 13.2 Å². The number of rotatable bonds is 7. The maximum atomic E-state index is 12.6. The van der Waals surface area contributed by atoms with Gasteiger partial charge in [0.2, 0.25) is 15.9 Å². The molecule has 1 aliphatic heterocycles. The number of hydrogen-bond donors (Lipinski definition) is 1. The van der Waals surface area contributed by atoms with Gasteiger partial charge in [-0.05, 0) is 35.6 Å². The number of benzene rings is 1. The van der Waals surface area contributed by atoms with Crippen molar-refractivity contribution < 1.29 is 22.7 Å². The van der Waals surface area contributed by atoms with Crippen LogP contribution < -0.4 is 14.2 Å². The lowest BCUT2D eigenvalue weighted by molar-refractivity contribution is -0.131. The minimum absolute atomic E-state index is 0.0160. The normalized spacial score (nSPS) is 13.9. The summed E-state index contributed by atoms with van der Waals surface area (Å²) in [5, 5.41) is 2.04. The monoisotopic (exact) mass is 410 g/mol. The van der Waals surface area contributed by atoms with Crippen LogP contribution in [0.4, 0.5) is 0 Å². The average molecular weight is 411 g/mol. The fourth-order valence-corrected chi connectivity index (χ4v) is 5.09. The number of thiophene rings is 1. The number of nitrogens with zero attached hydrogens (tertiary/aromatic N) is 1. The minimum Gasteiger partial charge on any atom is -0.497 e. The van der Waals surface area contributed by atoms with E-state index in [1.165, 1.54) is 36.8 Å². The van der Waals surface area contributed by atoms with Crippen LogP contribution in [-0.4, -0.2) is 46.5 Å². The van der Waals surface area contributed by atoms with Crippen LogP contribution in [0.2, 0.25) is 0 Å². The van der Waals surface area contributed by atoms with Crippen LogP contribution in [0, 0.1) is 0 Å². The second-order valence-electron chi connectivity index (χ2n) is 6.10. The van der Waals surface area contributed by atoms with E-state index in [2.05, 4.69) is 4.72 Å². The standard InChI is InChI=1S/C18H22N2O5S2/c1-24-14-3-4-15(25-2)17(11-14)27(22,23)19-8-5-18(21)20-9-6-16-13(12-20)7-10-26-16/h3-4,7,10-11,19H,5-6,8-9,12H2,1-2H3. The summed E-state index contributed by atoms with van der Waals surface area (Å²) in [5.74, 6) is 0.565. The molecule has 1 aliphatic rings. The van der Waals surface area contributed by atoms with Gasteiger partial charge < -0.3 is 14.4 Å². The minimum atomic E-state index is -3.83. The van der Waals surface area contributed by atoms with Crippen molar-refractivity contribution in [3.8, 4) is 11.5 Å². The molecule has 9 heteroatoms. The van der Waals surface area contributed by atoms with E-state index in [1.807, 2.05) is 11.4 Å². The number of amides is 1. The molecule has 7 nitrogen and oxygen atoms in total. The molecule has 0 spiro atoms. The van der Waals surface area contributed by atoms with E-state index in [-0.39, 0.29) is 29.5 Å². The van der Waals surface area contributed by atoms with Crippen molar-refractivity contribution >= 4 is 27.3 Å². The Labute approximate surface area is 163 Å². The summed E-state index contributed by atoms with van der Waals surface area (Å²) in [6, 6.07) is 6.59. The Morgan fingerprint density at radius 2 is 2.07 bits per heavy atom.